The molecule has 3 atom stereocenters. The van der Waals surface area contributed by atoms with Crippen LogP contribution in [0.4, 0.5) is 4.39 Å². The van der Waals surface area contributed by atoms with E-state index in [1.807, 2.05) is 25.1 Å². The molecule has 7 heteroatoms. The average Bonchev–Trinajstić information content (AvgIpc) is 3.18. The lowest BCUT2D eigenvalue weighted by atomic mass is 9.74. The summed E-state index contributed by atoms with van der Waals surface area (Å²) in [5.41, 5.74) is 6.89. The maximum atomic E-state index is 13.8. The Kier molecular flexibility index (Phi) is 3.49. The summed E-state index contributed by atoms with van der Waals surface area (Å²) in [6.07, 6.45) is 0.445. The van der Waals surface area contributed by atoms with Gasteiger partial charge in [0, 0.05) is 17.0 Å². The monoisotopic (exact) mass is 388 g/mol. The van der Waals surface area contributed by atoms with Crippen LogP contribution in [-0.4, -0.2) is 30.9 Å². The van der Waals surface area contributed by atoms with Gasteiger partial charge in [-0.1, -0.05) is 17.7 Å². The molecule has 0 radical (unpaired) electrons. The van der Waals surface area contributed by atoms with Crippen molar-refractivity contribution in [2.75, 3.05) is 13.2 Å². The number of amidine groups is 1. The summed E-state index contributed by atoms with van der Waals surface area (Å²) in [7, 11) is 0. The fourth-order valence-electron chi connectivity index (χ4n) is 4.40. The zero-order valence-electron chi connectivity index (χ0n) is 14.7. The molecule has 1 spiro atoms. The van der Waals surface area contributed by atoms with Gasteiger partial charge < -0.3 is 19.9 Å². The molecule has 1 fully saturated rings. The van der Waals surface area contributed by atoms with Crippen LogP contribution in [0, 0.1) is 5.82 Å². The molecule has 0 saturated carbocycles. The molecule has 0 unspecified atom stereocenters. The third kappa shape index (κ3) is 2.43. The van der Waals surface area contributed by atoms with Crippen LogP contribution < -0.4 is 10.5 Å². The fourth-order valence-corrected chi connectivity index (χ4v) is 4.62. The van der Waals surface area contributed by atoms with Gasteiger partial charge in [-0.25, -0.2) is 9.38 Å². The molecule has 5 rings (SSSR count). The van der Waals surface area contributed by atoms with E-state index in [0.29, 0.717) is 22.9 Å². The van der Waals surface area contributed by atoms with E-state index < -0.39 is 11.1 Å². The van der Waals surface area contributed by atoms with Gasteiger partial charge in [0.25, 0.3) is 6.02 Å². The highest BCUT2D eigenvalue weighted by atomic mass is 35.5. The highest BCUT2D eigenvalue weighted by Crippen LogP contribution is 2.53. The van der Waals surface area contributed by atoms with Crippen molar-refractivity contribution in [2.45, 2.75) is 30.6 Å². The predicted octanol–water partition coefficient (Wildman–Crippen LogP) is 3.63. The van der Waals surface area contributed by atoms with Crippen LogP contribution in [0.15, 0.2) is 41.4 Å². The highest BCUT2D eigenvalue weighted by molar-refractivity contribution is 6.30. The SMILES string of the molecule is C[C@@]12CCO[C@@H]1[C@@]1(COC(N)=N1)c1cc(-c3cc(F)cc(Cl)c3)ccc1O2. The maximum Gasteiger partial charge on any atom is 0.283 e. The summed E-state index contributed by atoms with van der Waals surface area (Å²) in [6.45, 7) is 2.89. The van der Waals surface area contributed by atoms with Crippen LogP contribution in [0.3, 0.4) is 0 Å². The number of ether oxygens (including phenoxy) is 3. The van der Waals surface area contributed by atoms with E-state index in [2.05, 4.69) is 4.99 Å². The lowest BCUT2D eigenvalue weighted by Crippen LogP contribution is -2.57. The molecule has 0 amide bonds. The Morgan fingerprint density at radius 3 is 2.81 bits per heavy atom. The first-order chi connectivity index (χ1) is 12.9. The van der Waals surface area contributed by atoms with E-state index in [9.17, 15) is 4.39 Å². The minimum Gasteiger partial charge on any atom is -0.484 e. The molecule has 0 aromatic heterocycles. The standard InChI is InChI=1S/C20H18ClFN2O3/c1-19-4-5-25-17(19)20(10-26-18(23)24-20)15-8-11(2-3-16(15)27-19)12-6-13(21)9-14(22)7-12/h2-3,6-9,17H,4-5,10H2,1H3,(H2,23,24)/t17-,19+,20+/m0/s1. The molecule has 0 bridgehead atoms. The third-order valence-corrected chi connectivity index (χ3v) is 5.82. The van der Waals surface area contributed by atoms with Crippen LogP contribution in [0.5, 0.6) is 5.75 Å². The molecule has 27 heavy (non-hydrogen) atoms. The topological polar surface area (TPSA) is 66.1 Å². The van der Waals surface area contributed by atoms with Gasteiger partial charge in [-0.3, -0.25) is 0 Å². The Hall–Kier alpha value is -2.31. The van der Waals surface area contributed by atoms with E-state index >= 15 is 0 Å². The zero-order chi connectivity index (χ0) is 18.8. The molecule has 140 valence electrons. The van der Waals surface area contributed by atoms with Gasteiger partial charge in [-0.2, -0.15) is 0 Å². The predicted molar refractivity (Wildman–Crippen MR) is 99.5 cm³/mol. The van der Waals surface area contributed by atoms with Gasteiger partial charge in [-0.15, -0.1) is 0 Å². The number of halogens is 2. The number of aliphatic imine (C=N–C) groups is 1. The van der Waals surface area contributed by atoms with Crippen molar-refractivity contribution < 1.29 is 18.6 Å². The molecular formula is C20H18ClFN2O3. The Bertz CT molecular complexity index is 961. The molecule has 3 aliphatic heterocycles. The number of fused-ring (bicyclic) bond motifs is 4. The van der Waals surface area contributed by atoms with Crippen molar-refractivity contribution in [2.24, 2.45) is 10.7 Å². The quantitative estimate of drug-likeness (QED) is 0.810. The van der Waals surface area contributed by atoms with Crippen LogP contribution >= 0.6 is 11.6 Å². The zero-order valence-corrected chi connectivity index (χ0v) is 15.4. The third-order valence-electron chi connectivity index (χ3n) is 5.61. The van der Waals surface area contributed by atoms with E-state index in [4.69, 9.17) is 31.5 Å². The molecule has 3 heterocycles. The van der Waals surface area contributed by atoms with Crippen molar-refractivity contribution in [1.29, 1.82) is 0 Å². The van der Waals surface area contributed by atoms with E-state index in [0.717, 1.165) is 17.5 Å². The van der Waals surface area contributed by atoms with Crippen molar-refractivity contribution in [1.82, 2.24) is 0 Å². The minimum absolute atomic E-state index is 0.139. The molecule has 2 aromatic carbocycles. The summed E-state index contributed by atoms with van der Waals surface area (Å²) in [5, 5.41) is 0.340. The van der Waals surface area contributed by atoms with Gasteiger partial charge in [0.1, 0.15) is 29.9 Å². The molecule has 2 N–H and O–H groups in total. The van der Waals surface area contributed by atoms with Gasteiger partial charge in [0.2, 0.25) is 0 Å². The number of benzene rings is 2. The van der Waals surface area contributed by atoms with Crippen LogP contribution in [0.2, 0.25) is 5.02 Å². The van der Waals surface area contributed by atoms with E-state index in [1.165, 1.54) is 12.1 Å². The lowest BCUT2D eigenvalue weighted by molar-refractivity contribution is -0.0755. The molecule has 1 saturated heterocycles. The van der Waals surface area contributed by atoms with Gasteiger partial charge in [0.05, 0.1) is 6.61 Å². The Morgan fingerprint density at radius 1 is 1.22 bits per heavy atom. The van der Waals surface area contributed by atoms with E-state index in [1.54, 1.807) is 6.07 Å². The minimum atomic E-state index is -0.782. The molecule has 2 aromatic rings. The Morgan fingerprint density at radius 2 is 2.07 bits per heavy atom. The second kappa shape index (κ2) is 5.59. The van der Waals surface area contributed by atoms with E-state index in [-0.39, 0.29) is 24.5 Å². The molecular weight excluding hydrogens is 371 g/mol. The summed E-state index contributed by atoms with van der Waals surface area (Å²) in [4.78, 5) is 4.65. The molecule has 3 aliphatic rings. The Balaban J connectivity index is 1.70. The summed E-state index contributed by atoms with van der Waals surface area (Å²) in [5.74, 6) is 0.326. The molecule has 0 aliphatic carbocycles. The maximum absolute atomic E-state index is 13.8. The number of hydrogen-bond acceptors (Lipinski definition) is 5. The van der Waals surface area contributed by atoms with Gasteiger partial charge in [0.15, 0.2) is 5.54 Å². The van der Waals surface area contributed by atoms with Crippen LogP contribution in [0.1, 0.15) is 18.9 Å². The molecule has 5 nitrogen and oxygen atoms in total. The Labute approximate surface area is 160 Å². The second-order valence-corrected chi connectivity index (χ2v) is 7.88. The number of rotatable bonds is 1. The summed E-state index contributed by atoms with van der Waals surface area (Å²) in [6, 6.07) is 10.3. The first kappa shape index (κ1) is 16.8. The van der Waals surface area contributed by atoms with Gasteiger partial charge in [-0.05, 0) is 48.4 Å². The summed E-state index contributed by atoms with van der Waals surface area (Å²) >= 11 is 6.03. The van der Waals surface area contributed by atoms with Gasteiger partial charge >= 0.3 is 0 Å². The number of nitrogens with zero attached hydrogens (tertiary/aromatic N) is 1. The second-order valence-electron chi connectivity index (χ2n) is 7.45. The lowest BCUT2D eigenvalue weighted by Gasteiger charge is -2.45. The first-order valence-corrected chi connectivity index (χ1v) is 9.17. The van der Waals surface area contributed by atoms with Crippen molar-refractivity contribution in [3.8, 4) is 16.9 Å². The average molecular weight is 389 g/mol. The number of hydrogen-bond donors (Lipinski definition) is 1. The first-order valence-electron chi connectivity index (χ1n) is 8.79. The van der Waals surface area contributed by atoms with Crippen LogP contribution in [0.25, 0.3) is 11.1 Å². The summed E-state index contributed by atoms with van der Waals surface area (Å²) < 4.78 is 31.7. The van der Waals surface area contributed by atoms with Crippen molar-refractivity contribution >= 4 is 17.6 Å². The van der Waals surface area contributed by atoms with Crippen molar-refractivity contribution in [3.05, 3.63) is 52.8 Å². The normalized spacial score (nSPS) is 31.1. The highest BCUT2D eigenvalue weighted by Gasteiger charge is 2.62. The smallest absolute Gasteiger partial charge is 0.283 e. The number of nitrogens with two attached hydrogens (primary N) is 1. The van der Waals surface area contributed by atoms with Crippen molar-refractivity contribution in [3.63, 3.8) is 0 Å². The fraction of sp³-hybridized carbons (Fsp3) is 0.350. The van der Waals surface area contributed by atoms with Crippen LogP contribution in [-0.2, 0) is 15.0 Å². The largest absolute Gasteiger partial charge is 0.484 e.